The fraction of sp³-hybridized carbons (Fsp3) is 0.105. The number of carbonyl (C=O) groups is 1. The van der Waals surface area contributed by atoms with Gasteiger partial charge < -0.3 is 20.1 Å². The van der Waals surface area contributed by atoms with Gasteiger partial charge in [0.1, 0.15) is 0 Å². The van der Waals surface area contributed by atoms with E-state index in [9.17, 15) is 4.79 Å². The van der Waals surface area contributed by atoms with Crippen LogP contribution in [-0.4, -0.2) is 12.7 Å². The van der Waals surface area contributed by atoms with E-state index in [0.29, 0.717) is 11.4 Å². The van der Waals surface area contributed by atoms with Crippen LogP contribution in [0.5, 0.6) is 11.5 Å². The Morgan fingerprint density at radius 1 is 1.00 bits per heavy atom. The predicted molar refractivity (Wildman–Crippen MR) is 98.6 cm³/mol. The molecule has 25 heavy (non-hydrogen) atoms. The molecular formula is C19H16N2O3S. The Morgan fingerprint density at radius 2 is 1.80 bits per heavy atom. The molecule has 0 saturated heterocycles. The minimum atomic E-state index is -0.0870. The largest absolute Gasteiger partial charge is 0.454 e. The molecule has 4 rings (SSSR count). The summed E-state index contributed by atoms with van der Waals surface area (Å²) in [5, 5.41) is 8.13. The van der Waals surface area contributed by atoms with E-state index in [4.69, 9.17) is 9.47 Å². The van der Waals surface area contributed by atoms with Crippen LogP contribution in [-0.2, 0) is 6.54 Å². The average Bonchev–Trinajstić information content (AvgIpc) is 3.32. The third kappa shape index (κ3) is 3.59. The highest BCUT2D eigenvalue weighted by molar-refractivity contribution is 7.12. The summed E-state index contributed by atoms with van der Waals surface area (Å²) < 4.78 is 10.7. The van der Waals surface area contributed by atoms with Crippen molar-refractivity contribution in [1.29, 1.82) is 0 Å². The Morgan fingerprint density at radius 3 is 2.60 bits per heavy atom. The van der Waals surface area contributed by atoms with E-state index in [1.165, 1.54) is 11.3 Å². The number of hydrogen-bond acceptors (Lipinski definition) is 5. The first-order valence-electron chi connectivity index (χ1n) is 7.85. The molecule has 0 spiro atoms. The third-order valence-electron chi connectivity index (χ3n) is 3.82. The Kier molecular flexibility index (Phi) is 4.26. The van der Waals surface area contributed by atoms with Gasteiger partial charge in [0, 0.05) is 17.9 Å². The maximum atomic E-state index is 12.0. The summed E-state index contributed by atoms with van der Waals surface area (Å²) in [5.41, 5.74) is 2.86. The highest BCUT2D eigenvalue weighted by Gasteiger charge is 2.13. The third-order valence-corrected chi connectivity index (χ3v) is 4.69. The first kappa shape index (κ1) is 15.5. The first-order chi connectivity index (χ1) is 12.3. The fourth-order valence-corrected chi connectivity index (χ4v) is 3.15. The maximum Gasteiger partial charge on any atom is 0.265 e. The zero-order chi connectivity index (χ0) is 17.1. The fourth-order valence-electron chi connectivity index (χ4n) is 2.53. The van der Waals surface area contributed by atoms with Crippen LogP contribution in [0.15, 0.2) is 60.0 Å². The van der Waals surface area contributed by atoms with Gasteiger partial charge in [-0.3, -0.25) is 4.79 Å². The molecule has 0 unspecified atom stereocenters. The van der Waals surface area contributed by atoms with Crippen LogP contribution in [0.25, 0.3) is 0 Å². The average molecular weight is 352 g/mol. The monoisotopic (exact) mass is 352 g/mol. The molecule has 126 valence electrons. The van der Waals surface area contributed by atoms with Crippen molar-refractivity contribution >= 4 is 28.6 Å². The molecule has 2 heterocycles. The predicted octanol–water partition coefficient (Wildman–Crippen LogP) is 4.34. The molecular weight excluding hydrogens is 336 g/mol. The molecule has 1 aliphatic heterocycles. The first-order valence-corrected chi connectivity index (χ1v) is 8.73. The van der Waals surface area contributed by atoms with E-state index in [-0.39, 0.29) is 12.7 Å². The van der Waals surface area contributed by atoms with E-state index in [1.807, 2.05) is 53.9 Å². The smallest absolute Gasteiger partial charge is 0.265 e. The summed E-state index contributed by atoms with van der Waals surface area (Å²) in [4.78, 5) is 12.7. The second-order valence-corrected chi connectivity index (χ2v) is 6.50. The molecule has 0 radical (unpaired) electrons. The van der Waals surface area contributed by atoms with E-state index < -0.39 is 0 Å². The van der Waals surface area contributed by atoms with Crippen molar-refractivity contribution < 1.29 is 14.3 Å². The van der Waals surface area contributed by atoms with Crippen LogP contribution in [0, 0.1) is 0 Å². The van der Waals surface area contributed by atoms with Crippen molar-refractivity contribution in [2.75, 3.05) is 17.4 Å². The van der Waals surface area contributed by atoms with Crippen molar-refractivity contribution in [1.82, 2.24) is 0 Å². The number of rotatable bonds is 5. The van der Waals surface area contributed by atoms with E-state index in [0.717, 1.165) is 28.4 Å². The minimum Gasteiger partial charge on any atom is -0.454 e. The topological polar surface area (TPSA) is 59.6 Å². The molecule has 0 fully saturated rings. The second kappa shape index (κ2) is 6.86. The molecule has 2 N–H and O–H groups in total. The number of thiophene rings is 1. The number of carbonyl (C=O) groups excluding carboxylic acids is 1. The molecule has 1 aromatic heterocycles. The van der Waals surface area contributed by atoms with Gasteiger partial charge in [-0.1, -0.05) is 12.1 Å². The van der Waals surface area contributed by atoms with Crippen LogP contribution in [0.1, 0.15) is 15.2 Å². The molecule has 6 heteroatoms. The van der Waals surface area contributed by atoms with Gasteiger partial charge in [-0.25, -0.2) is 0 Å². The highest BCUT2D eigenvalue weighted by Crippen LogP contribution is 2.32. The van der Waals surface area contributed by atoms with Crippen molar-refractivity contribution in [3.63, 3.8) is 0 Å². The van der Waals surface area contributed by atoms with Gasteiger partial charge in [-0.2, -0.15) is 0 Å². The zero-order valence-electron chi connectivity index (χ0n) is 13.3. The Labute approximate surface area is 149 Å². The number of nitrogens with one attached hydrogen (secondary N) is 2. The van der Waals surface area contributed by atoms with Crippen molar-refractivity contribution in [3.05, 3.63) is 70.4 Å². The lowest BCUT2D eigenvalue weighted by atomic mass is 10.2. The summed E-state index contributed by atoms with van der Waals surface area (Å²) in [7, 11) is 0. The Balaban J connectivity index is 1.35. The van der Waals surface area contributed by atoms with Gasteiger partial charge in [0.05, 0.1) is 4.88 Å². The van der Waals surface area contributed by atoms with Gasteiger partial charge in [-0.05, 0) is 53.4 Å². The molecule has 0 aliphatic carbocycles. The number of benzene rings is 2. The summed E-state index contributed by atoms with van der Waals surface area (Å²) in [5.74, 6) is 1.48. The van der Waals surface area contributed by atoms with E-state index >= 15 is 0 Å². The van der Waals surface area contributed by atoms with Gasteiger partial charge in [0.2, 0.25) is 6.79 Å². The lowest BCUT2D eigenvalue weighted by Gasteiger charge is -2.09. The molecule has 0 atom stereocenters. The lowest BCUT2D eigenvalue weighted by molar-refractivity contribution is 0.103. The van der Waals surface area contributed by atoms with Crippen LogP contribution in [0.2, 0.25) is 0 Å². The highest BCUT2D eigenvalue weighted by atomic mass is 32.1. The quantitative estimate of drug-likeness (QED) is 0.717. The molecule has 1 aliphatic rings. The van der Waals surface area contributed by atoms with Gasteiger partial charge in [0.15, 0.2) is 11.5 Å². The van der Waals surface area contributed by atoms with Crippen molar-refractivity contribution in [2.45, 2.75) is 6.54 Å². The Bertz CT molecular complexity index is 876. The van der Waals surface area contributed by atoms with E-state index in [2.05, 4.69) is 10.6 Å². The molecule has 1 amide bonds. The molecule has 2 aromatic carbocycles. The zero-order valence-corrected chi connectivity index (χ0v) is 14.1. The van der Waals surface area contributed by atoms with Crippen LogP contribution in [0.4, 0.5) is 11.4 Å². The summed E-state index contributed by atoms with van der Waals surface area (Å²) >= 11 is 1.42. The maximum absolute atomic E-state index is 12.0. The van der Waals surface area contributed by atoms with Crippen molar-refractivity contribution in [3.8, 4) is 11.5 Å². The number of hydrogen-bond donors (Lipinski definition) is 2. The van der Waals surface area contributed by atoms with Gasteiger partial charge >= 0.3 is 0 Å². The van der Waals surface area contributed by atoms with Gasteiger partial charge in [0.25, 0.3) is 5.91 Å². The standard InChI is InChI=1S/C19H16N2O3S/c22-19(18-2-1-9-25-18)21-15-6-4-14(5-7-15)20-11-13-3-8-16-17(10-13)24-12-23-16/h1-10,20H,11-12H2,(H,21,22). The minimum absolute atomic E-state index is 0.0870. The lowest BCUT2D eigenvalue weighted by Crippen LogP contribution is -2.10. The summed E-state index contributed by atoms with van der Waals surface area (Å²) in [6, 6.07) is 17.2. The molecule has 0 saturated carbocycles. The summed E-state index contributed by atoms with van der Waals surface area (Å²) in [6.45, 7) is 0.961. The van der Waals surface area contributed by atoms with Crippen LogP contribution in [0.3, 0.4) is 0 Å². The molecule has 0 bridgehead atoms. The number of fused-ring (bicyclic) bond motifs is 1. The normalized spacial score (nSPS) is 12.0. The number of ether oxygens (including phenoxy) is 2. The Hall–Kier alpha value is -2.99. The van der Waals surface area contributed by atoms with Crippen LogP contribution >= 0.6 is 11.3 Å². The SMILES string of the molecule is O=C(Nc1ccc(NCc2ccc3c(c2)OCO3)cc1)c1cccs1. The van der Waals surface area contributed by atoms with E-state index in [1.54, 1.807) is 6.07 Å². The second-order valence-electron chi connectivity index (χ2n) is 5.55. The molecule has 3 aromatic rings. The van der Waals surface area contributed by atoms with Crippen molar-refractivity contribution in [2.24, 2.45) is 0 Å². The van der Waals surface area contributed by atoms with Crippen LogP contribution < -0.4 is 20.1 Å². The van der Waals surface area contributed by atoms with Gasteiger partial charge in [-0.15, -0.1) is 11.3 Å². The molecule has 5 nitrogen and oxygen atoms in total. The number of amides is 1. The number of anilines is 2. The summed E-state index contributed by atoms with van der Waals surface area (Å²) in [6.07, 6.45) is 0.